The van der Waals surface area contributed by atoms with E-state index >= 15 is 0 Å². The lowest BCUT2D eigenvalue weighted by molar-refractivity contribution is 0.354. The molecule has 9 heteroatoms. The first-order chi connectivity index (χ1) is 13.4. The summed E-state index contributed by atoms with van der Waals surface area (Å²) in [5.74, 6) is 0.485. The number of hydrogen-bond acceptors (Lipinski definition) is 6. The van der Waals surface area contributed by atoms with Gasteiger partial charge in [-0.15, -0.1) is 5.10 Å². The highest BCUT2D eigenvalue weighted by Gasteiger charge is 2.27. The zero-order chi connectivity index (χ0) is 20.1. The molecular weight excluding hydrogens is 378 g/mol. The van der Waals surface area contributed by atoms with E-state index < -0.39 is 16.1 Å². The van der Waals surface area contributed by atoms with E-state index in [9.17, 15) is 8.42 Å². The summed E-state index contributed by atoms with van der Waals surface area (Å²) in [5, 5.41) is 8.21. The van der Waals surface area contributed by atoms with Gasteiger partial charge in [-0.05, 0) is 44.0 Å². The van der Waals surface area contributed by atoms with Gasteiger partial charge in [-0.2, -0.15) is 0 Å². The molecular formula is C19H23N5O3S. The quantitative estimate of drug-likeness (QED) is 0.622. The topological polar surface area (TPSA) is 99.0 Å². The van der Waals surface area contributed by atoms with Gasteiger partial charge in [0.15, 0.2) is 5.82 Å². The molecule has 0 spiro atoms. The minimum Gasteiger partial charge on any atom is -0.467 e. The molecule has 0 aliphatic heterocycles. The molecule has 0 aliphatic carbocycles. The van der Waals surface area contributed by atoms with Gasteiger partial charge in [0.2, 0.25) is 10.0 Å². The average molecular weight is 401 g/mol. The first-order valence-electron chi connectivity index (χ1n) is 8.89. The molecule has 2 aromatic heterocycles. The number of rotatable bonds is 8. The predicted molar refractivity (Wildman–Crippen MR) is 104 cm³/mol. The monoisotopic (exact) mass is 401 g/mol. The van der Waals surface area contributed by atoms with Gasteiger partial charge >= 0.3 is 6.01 Å². The summed E-state index contributed by atoms with van der Waals surface area (Å²) in [5.41, 5.74) is 1.87. The van der Waals surface area contributed by atoms with Crippen LogP contribution in [0.4, 0.5) is 0 Å². The highest BCUT2D eigenvalue weighted by molar-refractivity contribution is 7.89. The Morgan fingerprint density at radius 2 is 1.93 bits per heavy atom. The lowest BCUT2D eigenvalue weighted by Crippen LogP contribution is -2.32. The van der Waals surface area contributed by atoms with Gasteiger partial charge < -0.3 is 4.74 Å². The lowest BCUT2D eigenvalue weighted by Gasteiger charge is -2.19. The number of pyridine rings is 1. The second-order valence-electron chi connectivity index (χ2n) is 6.34. The lowest BCUT2D eigenvalue weighted by atomic mass is 10.1. The Bertz CT molecular complexity index is 1020. The summed E-state index contributed by atoms with van der Waals surface area (Å²) in [6.45, 7) is 4.37. The molecule has 0 saturated heterocycles. The second-order valence-corrected chi connectivity index (χ2v) is 8.06. The van der Waals surface area contributed by atoms with E-state index in [1.165, 1.54) is 7.11 Å². The molecule has 0 unspecified atom stereocenters. The number of aryl methyl sites for hydroxylation is 1. The first kappa shape index (κ1) is 20.0. The van der Waals surface area contributed by atoms with Gasteiger partial charge in [0.1, 0.15) is 0 Å². The Balaban J connectivity index is 1.99. The Labute approximate surface area is 164 Å². The van der Waals surface area contributed by atoms with Crippen molar-refractivity contribution < 1.29 is 13.2 Å². The maximum Gasteiger partial charge on any atom is 0.316 e. The van der Waals surface area contributed by atoms with Crippen molar-refractivity contribution in [3.8, 4) is 6.01 Å². The molecule has 1 aromatic carbocycles. The summed E-state index contributed by atoms with van der Waals surface area (Å²) >= 11 is 0. The largest absolute Gasteiger partial charge is 0.467 e. The molecule has 0 bridgehead atoms. The van der Waals surface area contributed by atoms with Crippen LogP contribution in [0.1, 0.15) is 29.9 Å². The van der Waals surface area contributed by atoms with Gasteiger partial charge in [-0.3, -0.25) is 9.55 Å². The van der Waals surface area contributed by atoms with Gasteiger partial charge in [0.05, 0.1) is 18.0 Å². The van der Waals surface area contributed by atoms with Crippen molar-refractivity contribution in [2.45, 2.75) is 37.8 Å². The maximum atomic E-state index is 13.0. The first-order valence-corrected chi connectivity index (χ1v) is 10.4. The highest BCUT2D eigenvalue weighted by Crippen LogP contribution is 2.23. The van der Waals surface area contributed by atoms with Gasteiger partial charge in [-0.25, -0.2) is 13.1 Å². The Morgan fingerprint density at radius 3 is 2.54 bits per heavy atom. The van der Waals surface area contributed by atoms with Crippen molar-refractivity contribution >= 4 is 10.0 Å². The smallest absolute Gasteiger partial charge is 0.316 e. The number of ether oxygens (including phenoxy) is 1. The number of aromatic nitrogens is 4. The van der Waals surface area contributed by atoms with Crippen LogP contribution in [0, 0.1) is 6.92 Å². The van der Waals surface area contributed by atoms with Crippen LogP contribution in [-0.4, -0.2) is 35.3 Å². The Morgan fingerprint density at radius 1 is 1.18 bits per heavy atom. The van der Waals surface area contributed by atoms with Crippen molar-refractivity contribution in [1.29, 1.82) is 0 Å². The average Bonchev–Trinajstić information content (AvgIpc) is 3.11. The predicted octanol–water partition coefficient (Wildman–Crippen LogP) is 2.27. The number of sulfonamides is 1. The minimum atomic E-state index is -3.76. The fourth-order valence-electron chi connectivity index (χ4n) is 2.92. The van der Waals surface area contributed by atoms with Crippen LogP contribution < -0.4 is 9.46 Å². The molecule has 0 radical (unpaired) electrons. The van der Waals surface area contributed by atoms with E-state index in [0.717, 1.165) is 11.1 Å². The van der Waals surface area contributed by atoms with Crippen molar-refractivity contribution in [2.24, 2.45) is 0 Å². The molecule has 2 heterocycles. The van der Waals surface area contributed by atoms with Crippen LogP contribution in [-0.2, 0) is 23.0 Å². The Hall–Kier alpha value is -2.78. The van der Waals surface area contributed by atoms with Crippen molar-refractivity contribution in [2.75, 3.05) is 7.11 Å². The zero-order valence-electron chi connectivity index (χ0n) is 16.0. The third-order valence-electron chi connectivity index (χ3n) is 4.35. The summed E-state index contributed by atoms with van der Waals surface area (Å²) in [7, 11) is -2.25. The van der Waals surface area contributed by atoms with Crippen molar-refractivity contribution in [3.05, 3.63) is 65.7 Å². The molecule has 8 nitrogen and oxygen atoms in total. The molecule has 0 saturated carbocycles. The molecule has 28 heavy (non-hydrogen) atoms. The summed E-state index contributed by atoms with van der Waals surface area (Å²) in [4.78, 5) is 4.31. The molecule has 0 amide bonds. The second kappa shape index (κ2) is 8.49. The Kier molecular flexibility index (Phi) is 6.05. The number of methoxy groups -OCH3 is 1. The van der Waals surface area contributed by atoms with Crippen molar-refractivity contribution in [3.63, 3.8) is 0 Å². The normalized spacial score (nSPS) is 12.7. The molecule has 0 aliphatic rings. The number of nitrogens with one attached hydrogen (secondary N) is 1. The van der Waals surface area contributed by atoms with E-state index in [1.807, 2.05) is 26.0 Å². The van der Waals surface area contributed by atoms with Gasteiger partial charge in [-0.1, -0.05) is 28.9 Å². The SMILES string of the molecule is CCn1c(OC)nnc1[C@@H](Cc1cccnc1)NS(=O)(=O)c1ccc(C)cc1. The third kappa shape index (κ3) is 4.37. The zero-order valence-corrected chi connectivity index (χ0v) is 16.8. The van der Waals surface area contributed by atoms with Gasteiger partial charge in [0, 0.05) is 18.9 Å². The highest BCUT2D eigenvalue weighted by atomic mass is 32.2. The van der Waals surface area contributed by atoms with E-state index in [1.54, 1.807) is 41.2 Å². The van der Waals surface area contributed by atoms with Crippen LogP contribution >= 0.6 is 0 Å². The van der Waals surface area contributed by atoms with Crippen LogP contribution in [0.3, 0.4) is 0 Å². The van der Waals surface area contributed by atoms with E-state index in [2.05, 4.69) is 19.9 Å². The third-order valence-corrected chi connectivity index (χ3v) is 5.83. The molecule has 3 rings (SSSR count). The summed E-state index contributed by atoms with van der Waals surface area (Å²) in [6, 6.07) is 10.1. The van der Waals surface area contributed by atoms with E-state index in [4.69, 9.17) is 4.74 Å². The van der Waals surface area contributed by atoms with Crippen LogP contribution in [0.5, 0.6) is 6.01 Å². The van der Waals surface area contributed by atoms with Crippen LogP contribution in [0.25, 0.3) is 0 Å². The van der Waals surface area contributed by atoms with E-state index in [0.29, 0.717) is 24.8 Å². The van der Waals surface area contributed by atoms with Gasteiger partial charge in [0.25, 0.3) is 0 Å². The molecule has 1 N–H and O–H groups in total. The fraction of sp³-hybridized carbons (Fsp3) is 0.316. The molecule has 1 atom stereocenters. The number of benzene rings is 1. The fourth-order valence-corrected chi connectivity index (χ4v) is 4.11. The number of hydrogen-bond donors (Lipinski definition) is 1. The standard InChI is InChI=1S/C19H23N5O3S/c1-4-24-18(21-22-19(24)27-3)17(12-15-6-5-11-20-13-15)23-28(25,26)16-9-7-14(2)8-10-16/h5-11,13,17,23H,4,12H2,1-3H3/t17-/m1/s1. The minimum absolute atomic E-state index is 0.198. The van der Waals surface area contributed by atoms with Crippen LogP contribution in [0.15, 0.2) is 53.7 Å². The summed E-state index contributed by atoms with van der Waals surface area (Å²) < 4.78 is 35.7. The van der Waals surface area contributed by atoms with Crippen LogP contribution in [0.2, 0.25) is 0 Å². The number of nitrogens with zero attached hydrogens (tertiary/aromatic N) is 4. The molecule has 0 fully saturated rings. The molecule has 3 aromatic rings. The van der Waals surface area contributed by atoms with E-state index in [-0.39, 0.29) is 4.90 Å². The molecule has 148 valence electrons. The van der Waals surface area contributed by atoms with Crippen molar-refractivity contribution in [1.82, 2.24) is 24.5 Å². The summed E-state index contributed by atoms with van der Waals surface area (Å²) in [6.07, 6.45) is 3.75. The maximum absolute atomic E-state index is 13.0.